The second-order valence-electron chi connectivity index (χ2n) is 5.20. The summed E-state index contributed by atoms with van der Waals surface area (Å²) in [5, 5.41) is 0. The molecule has 23 heavy (non-hydrogen) atoms. The molecule has 0 saturated heterocycles. The first kappa shape index (κ1) is 17.6. The number of halogens is 2. The Morgan fingerprint density at radius 3 is 1.91 bits per heavy atom. The number of benzene rings is 2. The van der Waals surface area contributed by atoms with Crippen LogP contribution in [0.2, 0.25) is 0 Å². The van der Waals surface area contributed by atoms with Crippen LogP contribution in [0.3, 0.4) is 0 Å². The Morgan fingerprint density at radius 2 is 1.43 bits per heavy atom. The zero-order valence-electron chi connectivity index (χ0n) is 12.8. The summed E-state index contributed by atoms with van der Waals surface area (Å²) in [6, 6.07) is 17.4. The minimum Gasteiger partial charge on any atom is -0.369 e. The van der Waals surface area contributed by atoms with E-state index < -0.39 is 5.92 Å². The van der Waals surface area contributed by atoms with Crippen LogP contribution in [-0.2, 0) is 4.79 Å². The summed E-state index contributed by atoms with van der Waals surface area (Å²) in [6.07, 6.45) is 0. The molecule has 1 amide bonds. The van der Waals surface area contributed by atoms with Crippen molar-refractivity contribution in [3.63, 3.8) is 0 Å². The molecule has 0 spiro atoms. The van der Waals surface area contributed by atoms with Crippen LogP contribution >= 0.6 is 23.2 Å². The summed E-state index contributed by atoms with van der Waals surface area (Å²) >= 11 is 11.7. The molecule has 0 bridgehead atoms. The van der Waals surface area contributed by atoms with E-state index in [4.69, 9.17) is 28.9 Å². The molecule has 0 radical (unpaired) electrons. The lowest BCUT2D eigenvalue weighted by atomic mass is 9.90. The number of rotatable bonds is 8. The van der Waals surface area contributed by atoms with Crippen LogP contribution in [0.15, 0.2) is 54.6 Å². The number of carbonyl (C=O) groups is 1. The van der Waals surface area contributed by atoms with Gasteiger partial charge in [0.2, 0.25) is 5.91 Å². The molecule has 1 atom stereocenters. The highest BCUT2D eigenvalue weighted by atomic mass is 35.5. The smallest absolute Gasteiger partial charge is 0.229 e. The first-order chi connectivity index (χ1) is 11.2. The molecule has 2 rings (SSSR count). The van der Waals surface area contributed by atoms with E-state index in [-0.39, 0.29) is 5.91 Å². The average Bonchev–Trinajstić information content (AvgIpc) is 2.56. The van der Waals surface area contributed by atoms with Gasteiger partial charge >= 0.3 is 0 Å². The van der Waals surface area contributed by atoms with E-state index in [1.807, 2.05) is 54.6 Å². The zero-order valence-corrected chi connectivity index (χ0v) is 14.3. The van der Waals surface area contributed by atoms with Gasteiger partial charge in [0.05, 0.1) is 5.92 Å². The molecular weight excluding hydrogens is 331 g/mol. The summed E-state index contributed by atoms with van der Waals surface area (Å²) in [6.45, 7) is 1.46. The predicted molar refractivity (Wildman–Crippen MR) is 97.6 cm³/mol. The molecule has 0 aliphatic heterocycles. The number of amides is 1. The first-order valence-electron chi connectivity index (χ1n) is 7.48. The number of nitrogens with zero attached hydrogens (tertiary/aromatic N) is 1. The zero-order chi connectivity index (χ0) is 16.7. The molecule has 2 aromatic rings. The third-order valence-corrected chi connectivity index (χ3v) is 4.06. The molecule has 0 heterocycles. The quantitative estimate of drug-likeness (QED) is 0.739. The average molecular weight is 351 g/mol. The van der Waals surface area contributed by atoms with Gasteiger partial charge in [0, 0.05) is 30.5 Å². The molecule has 5 heteroatoms. The van der Waals surface area contributed by atoms with Crippen molar-refractivity contribution in [3.05, 3.63) is 65.7 Å². The Morgan fingerprint density at radius 1 is 0.913 bits per heavy atom. The minimum absolute atomic E-state index is 0.359. The summed E-state index contributed by atoms with van der Waals surface area (Å²) in [5.74, 6) is 0.265. The van der Waals surface area contributed by atoms with Crippen molar-refractivity contribution in [1.82, 2.24) is 0 Å². The third kappa shape index (κ3) is 4.63. The number of nitrogens with two attached hydrogens (primary N) is 1. The van der Waals surface area contributed by atoms with Crippen LogP contribution in [-0.4, -0.2) is 30.8 Å². The van der Waals surface area contributed by atoms with E-state index in [9.17, 15) is 4.79 Å². The Balaban J connectivity index is 2.27. The summed E-state index contributed by atoms with van der Waals surface area (Å²) in [7, 11) is 0. The second kappa shape index (κ2) is 8.80. The van der Waals surface area contributed by atoms with E-state index in [1.54, 1.807) is 0 Å². The highest BCUT2D eigenvalue weighted by Gasteiger charge is 2.20. The van der Waals surface area contributed by atoms with Crippen LogP contribution in [0.25, 0.3) is 0 Å². The van der Waals surface area contributed by atoms with Gasteiger partial charge in [-0.15, -0.1) is 23.2 Å². The van der Waals surface area contributed by atoms with E-state index >= 15 is 0 Å². The van der Waals surface area contributed by atoms with Crippen LogP contribution < -0.4 is 10.6 Å². The third-order valence-electron chi connectivity index (χ3n) is 3.72. The van der Waals surface area contributed by atoms with Crippen molar-refractivity contribution in [2.75, 3.05) is 29.7 Å². The molecule has 0 aromatic heterocycles. The van der Waals surface area contributed by atoms with Crippen molar-refractivity contribution < 1.29 is 4.79 Å². The summed E-state index contributed by atoms with van der Waals surface area (Å²) in [4.78, 5) is 14.0. The van der Waals surface area contributed by atoms with Crippen LogP contribution in [0.1, 0.15) is 17.0 Å². The minimum atomic E-state index is -0.445. The molecule has 0 aliphatic rings. The summed E-state index contributed by atoms with van der Waals surface area (Å²) in [5.41, 5.74) is 8.42. The largest absolute Gasteiger partial charge is 0.369 e. The lowest BCUT2D eigenvalue weighted by Gasteiger charge is -2.23. The van der Waals surface area contributed by atoms with Crippen LogP contribution in [0.4, 0.5) is 5.69 Å². The van der Waals surface area contributed by atoms with Gasteiger partial charge in [0.15, 0.2) is 0 Å². The Bertz CT molecular complexity index is 611. The van der Waals surface area contributed by atoms with Gasteiger partial charge in [-0.3, -0.25) is 4.79 Å². The molecule has 0 unspecified atom stereocenters. The molecule has 2 N–H and O–H groups in total. The fraction of sp³-hybridized carbons (Fsp3) is 0.278. The monoisotopic (exact) mass is 350 g/mol. The number of carbonyl (C=O) groups excluding carboxylic acids is 1. The molecule has 122 valence electrons. The predicted octanol–water partition coefficient (Wildman–Crippen LogP) is 3.59. The number of alkyl halides is 2. The molecule has 0 fully saturated rings. The maximum atomic E-state index is 11.9. The molecule has 0 aliphatic carbocycles. The fourth-order valence-electron chi connectivity index (χ4n) is 2.62. The number of hydrogen-bond donors (Lipinski definition) is 1. The Hall–Kier alpha value is -1.71. The standard InChI is InChI=1S/C18H20Cl2N2O/c19-10-12-22(13-11-20)16-8-6-15(7-9-16)17(18(21)23)14-4-2-1-3-5-14/h1-9,17H,10-13H2,(H2,21,23)/t17-/m0/s1. The van der Waals surface area contributed by atoms with Gasteiger partial charge in [-0.2, -0.15) is 0 Å². The van der Waals surface area contributed by atoms with Crippen molar-refractivity contribution in [1.29, 1.82) is 0 Å². The number of primary amides is 1. The van der Waals surface area contributed by atoms with Crippen LogP contribution in [0.5, 0.6) is 0 Å². The number of hydrogen-bond acceptors (Lipinski definition) is 2. The normalized spacial score (nSPS) is 11.9. The second-order valence-corrected chi connectivity index (χ2v) is 5.96. The van der Waals surface area contributed by atoms with Gasteiger partial charge < -0.3 is 10.6 Å². The van der Waals surface area contributed by atoms with E-state index in [0.717, 1.165) is 29.9 Å². The van der Waals surface area contributed by atoms with Crippen molar-refractivity contribution in [2.45, 2.75) is 5.92 Å². The van der Waals surface area contributed by atoms with Gasteiger partial charge in [0.25, 0.3) is 0 Å². The van der Waals surface area contributed by atoms with E-state index in [1.165, 1.54) is 0 Å². The number of anilines is 1. The first-order valence-corrected chi connectivity index (χ1v) is 8.55. The van der Waals surface area contributed by atoms with E-state index in [2.05, 4.69) is 4.90 Å². The van der Waals surface area contributed by atoms with Crippen LogP contribution in [0, 0.1) is 0 Å². The van der Waals surface area contributed by atoms with Crippen molar-refractivity contribution >= 4 is 34.8 Å². The van der Waals surface area contributed by atoms with Gasteiger partial charge in [0.1, 0.15) is 0 Å². The van der Waals surface area contributed by atoms with Crippen molar-refractivity contribution in [2.24, 2.45) is 5.73 Å². The highest BCUT2D eigenvalue weighted by molar-refractivity contribution is 6.18. The summed E-state index contributed by atoms with van der Waals surface area (Å²) < 4.78 is 0. The molecule has 0 saturated carbocycles. The lowest BCUT2D eigenvalue weighted by Crippen LogP contribution is -2.27. The Labute approximate surface area is 147 Å². The lowest BCUT2D eigenvalue weighted by molar-refractivity contribution is -0.118. The SMILES string of the molecule is NC(=O)[C@@H](c1ccccc1)c1ccc(N(CCCl)CCCl)cc1. The van der Waals surface area contributed by atoms with Gasteiger partial charge in [-0.1, -0.05) is 42.5 Å². The van der Waals surface area contributed by atoms with Gasteiger partial charge in [-0.05, 0) is 23.3 Å². The van der Waals surface area contributed by atoms with E-state index in [0.29, 0.717) is 11.8 Å². The maximum Gasteiger partial charge on any atom is 0.229 e. The van der Waals surface area contributed by atoms with Gasteiger partial charge in [-0.25, -0.2) is 0 Å². The fourth-order valence-corrected chi connectivity index (χ4v) is 3.03. The highest BCUT2D eigenvalue weighted by Crippen LogP contribution is 2.26. The molecule has 3 nitrogen and oxygen atoms in total. The molecule has 2 aromatic carbocycles. The topological polar surface area (TPSA) is 46.3 Å². The van der Waals surface area contributed by atoms with Crippen molar-refractivity contribution in [3.8, 4) is 0 Å². The maximum absolute atomic E-state index is 11.9. The molecular formula is C18H20Cl2N2O. The Kier molecular flexibility index (Phi) is 6.75.